The maximum absolute atomic E-state index is 14.2. The van der Waals surface area contributed by atoms with Gasteiger partial charge in [0.1, 0.15) is 30.0 Å². The standard InChI is InChI=1S/C21H22BrF4N5O4/c1-10-3-16-12(7-30(10)21(33)27-17-4-13(22)14(23)5-15(17)24)19-20(32)29(2)35-11(6-31(19)28-16)8-34-9-18(25)26/h4-5,10-11,18H,3,6-9H2,1-2H3,(H,27,33)/t10-,11+/m1/s1. The number of anilines is 1. The molecule has 3 amide bonds. The largest absolute Gasteiger partial charge is 0.373 e. The summed E-state index contributed by atoms with van der Waals surface area (Å²) in [6.45, 7) is 0.940. The second-order valence-electron chi connectivity index (χ2n) is 8.27. The predicted octanol–water partition coefficient (Wildman–Crippen LogP) is 3.57. The van der Waals surface area contributed by atoms with Crippen molar-refractivity contribution >= 4 is 33.6 Å². The summed E-state index contributed by atoms with van der Waals surface area (Å²) in [6.07, 6.45) is -3.04. The highest BCUT2D eigenvalue weighted by Crippen LogP contribution is 2.30. The monoisotopic (exact) mass is 563 g/mol. The number of halogens is 5. The predicted molar refractivity (Wildman–Crippen MR) is 118 cm³/mol. The molecule has 2 aliphatic rings. The van der Waals surface area contributed by atoms with Crippen molar-refractivity contribution in [2.45, 2.75) is 45.0 Å². The van der Waals surface area contributed by atoms with Crippen molar-refractivity contribution in [3.8, 4) is 0 Å². The van der Waals surface area contributed by atoms with E-state index in [9.17, 15) is 27.2 Å². The Morgan fingerprint density at radius 1 is 1.34 bits per heavy atom. The molecule has 9 nitrogen and oxygen atoms in total. The Labute approximate surface area is 206 Å². The van der Waals surface area contributed by atoms with Crippen molar-refractivity contribution in [1.82, 2.24) is 19.7 Å². The van der Waals surface area contributed by atoms with Crippen molar-refractivity contribution in [3.63, 3.8) is 0 Å². The number of hydrogen-bond acceptors (Lipinski definition) is 5. The van der Waals surface area contributed by atoms with Gasteiger partial charge in [-0.15, -0.1) is 0 Å². The highest BCUT2D eigenvalue weighted by atomic mass is 79.9. The summed E-state index contributed by atoms with van der Waals surface area (Å²) in [5.74, 6) is -2.25. The molecular weight excluding hydrogens is 542 g/mol. The summed E-state index contributed by atoms with van der Waals surface area (Å²) in [4.78, 5) is 33.0. The molecule has 190 valence electrons. The van der Waals surface area contributed by atoms with Gasteiger partial charge in [0.15, 0.2) is 0 Å². The number of nitrogens with zero attached hydrogens (tertiary/aromatic N) is 4. The van der Waals surface area contributed by atoms with E-state index in [0.717, 1.165) is 11.1 Å². The number of rotatable bonds is 5. The van der Waals surface area contributed by atoms with Crippen LogP contribution in [0.3, 0.4) is 0 Å². The molecule has 0 aliphatic carbocycles. The van der Waals surface area contributed by atoms with E-state index in [4.69, 9.17) is 9.57 Å². The van der Waals surface area contributed by atoms with Crippen LogP contribution < -0.4 is 5.32 Å². The second kappa shape index (κ2) is 10.1. The Balaban J connectivity index is 1.56. The van der Waals surface area contributed by atoms with E-state index in [1.807, 2.05) is 0 Å². The van der Waals surface area contributed by atoms with Gasteiger partial charge in [-0.2, -0.15) is 5.10 Å². The third kappa shape index (κ3) is 5.28. The van der Waals surface area contributed by atoms with Gasteiger partial charge in [0.25, 0.3) is 12.3 Å². The van der Waals surface area contributed by atoms with E-state index in [1.54, 1.807) is 6.92 Å². The van der Waals surface area contributed by atoms with Crippen LogP contribution in [0.5, 0.6) is 0 Å². The highest BCUT2D eigenvalue weighted by molar-refractivity contribution is 9.10. The summed E-state index contributed by atoms with van der Waals surface area (Å²) >= 11 is 2.96. The molecule has 4 rings (SSSR count). The summed E-state index contributed by atoms with van der Waals surface area (Å²) in [5, 5.41) is 7.95. The summed E-state index contributed by atoms with van der Waals surface area (Å²) in [7, 11) is 1.39. The minimum Gasteiger partial charge on any atom is -0.373 e. The molecule has 0 unspecified atom stereocenters. The molecule has 14 heteroatoms. The topological polar surface area (TPSA) is 88.9 Å². The first kappa shape index (κ1) is 25.4. The molecular formula is C21H22BrF4N5O4. The first-order chi connectivity index (χ1) is 16.5. The first-order valence-corrected chi connectivity index (χ1v) is 11.5. The molecule has 1 aromatic heterocycles. The van der Waals surface area contributed by atoms with Crippen LogP contribution >= 0.6 is 15.9 Å². The first-order valence-electron chi connectivity index (χ1n) is 10.7. The molecule has 0 radical (unpaired) electrons. The lowest BCUT2D eigenvalue weighted by molar-refractivity contribution is -0.169. The minimum absolute atomic E-state index is 0.00772. The fraction of sp³-hybridized carbons (Fsp3) is 0.476. The molecule has 2 atom stereocenters. The van der Waals surface area contributed by atoms with Gasteiger partial charge in [-0.3, -0.25) is 14.3 Å². The van der Waals surface area contributed by atoms with E-state index in [-0.39, 0.29) is 41.6 Å². The minimum atomic E-state index is -2.63. The van der Waals surface area contributed by atoms with Crippen LogP contribution in [0.4, 0.5) is 28.0 Å². The Morgan fingerprint density at radius 3 is 2.80 bits per heavy atom. The lowest BCUT2D eigenvalue weighted by atomic mass is 9.99. The zero-order chi connectivity index (χ0) is 25.4. The van der Waals surface area contributed by atoms with Gasteiger partial charge < -0.3 is 15.0 Å². The molecule has 1 aromatic carbocycles. The van der Waals surface area contributed by atoms with Crippen LogP contribution in [0, 0.1) is 11.6 Å². The summed E-state index contributed by atoms with van der Waals surface area (Å²) < 4.78 is 58.9. The molecule has 0 bridgehead atoms. The maximum atomic E-state index is 14.2. The number of ether oxygens (including phenoxy) is 1. The quantitative estimate of drug-likeness (QED) is 0.444. The van der Waals surface area contributed by atoms with Crippen LogP contribution in [0.1, 0.15) is 28.7 Å². The molecule has 1 N–H and O–H groups in total. The highest BCUT2D eigenvalue weighted by Gasteiger charge is 2.37. The zero-order valence-electron chi connectivity index (χ0n) is 18.7. The van der Waals surface area contributed by atoms with Gasteiger partial charge in [0.2, 0.25) is 0 Å². The van der Waals surface area contributed by atoms with Crippen LogP contribution in [-0.2, 0) is 29.1 Å². The molecule has 0 fully saturated rings. The number of nitrogens with one attached hydrogen (secondary N) is 1. The Kier molecular flexibility index (Phi) is 7.33. The van der Waals surface area contributed by atoms with Crippen molar-refractivity contribution in [2.24, 2.45) is 0 Å². The van der Waals surface area contributed by atoms with Gasteiger partial charge in [-0.05, 0) is 28.9 Å². The lowest BCUT2D eigenvalue weighted by Gasteiger charge is -2.33. The van der Waals surface area contributed by atoms with Crippen molar-refractivity contribution in [2.75, 3.05) is 25.6 Å². The van der Waals surface area contributed by atoms with Crippen LogP contribution in [0.25, 0.3) is 0 Å². The number of aromatic nitrogens is 2. The summed E-state index contributed by atoms with van der Waals surface area (Å²) in [6, 6.07) is 0.804. The van der Waals surface area contributed by atoms with Gasteiger partial charge in [0.05, 0.1) is 35.6 Å². The molecule has 3 heterocycles. The van der Waals surface area contributed by atoms with Crippen molar-refractivity contribution < 1.29 is 36.7 Å². The molecule has 0 saturated carbocycles. The SMILES string of the molecule is C[C@@H]1Cc2nn3c(c2CN1C(=O)Nc1cc(Br)c(F)cc1F)C(=O)N(C)O[C@H](COCC(F)F)C3. The number of fused-ring (bicyclic) bond motifs is 3. The number of amides is 3. The molecule has 35 heavy (non-hydrogen) atoms. The van der Waals surface area contributed by atoms with Crippen LogP contribution in [0.2, 0.25) is 0 Å². The molecule has 2 aliphatic heterocycles. The molecule has 2 aromatic rings. The second-order valence-corrected chi connectivity index (χ2v) is 9.13. The number of alkyl halides is 2. The Morgan fingerprint density at radius 2 is 2.09 bits per heavy atom. The van der Waals surface area contributed by atoms with Gasteiger partial charge in [-0.1, -0.05) is 0 Å². The lowest BCUT2D eigenvalue weighted by Crippen LogP contribution is -2.45. The van der Waals surface area contributed by atoms with Crippen LogP contribution in [-0.4, -0.2) is 70.5 Å². The van der Waals surface area contributed by atoms with E-state index >= 15 is 0 Å². The number of carbonyl (C=O) groups excluding carboxylic acids is 2. The van der Waals surface area contributed by atoms with Crippen LogP contribution in [0.15, 0.2) is 16.6 Å². The fourth-order valence-electron chi connectivity index (χ4n) is 4.06. The normalized spacial score (nSPS) is 20.1. The van der Waals surface area contributed by atoms with Crippen molar-refractivity contribution in [3.05, 3.63) is 45.2 Å². The van der Waals surface area contributed by atoms with E-state index < -0.39 is 42.7 Å². The summed E-state index contributed by atoms with van der Waals surface area (Å²) in [5.41, 5.74) is 1.13. The third-order valence-electron chi connectivity index (χ3n) is 5.72. The van der Waals surface area contributed by atoms with Gasteiger partial charge in [0, 0.05) is 31.1 Å². The number of urea groups is 1. The average molecular weight is 564 g/mol. The number of hydroxylamine groups is 2. The number of carbonyl (C=O) groups is 2. The molecule has 0 spiro atoms. The average Bonchev–Trinajstić information content (AvgIpc) is 3.06. The number of benzene rings is 1. The Hall–Kier alpha value is -2.71. The van der Waals surface area contributed by atoms with E-state index in [1.165, 1.54) is 16.6 Å². The van der Waals surface area contributed by atoms with Gasteiger partial charge in [-0.25, -0.2) is 27.4 Å². The zero-order valence-corrected chi connectivity index (χ0v) is 20.3. The fourth-order valence-corrected chi connectivity index (χ4v) is 4.41. The Bertz CT molecular complexity index is 1150. The smallest absolute Gasteiger partial charge is 0.322 e. The third-order valence-corrected chi connectivity index (χ3v) is 6.32. The number of hydrogen-bond donors (Lipinski definition) is 1. The van der Waals surface area contributed by atoms with E-state index in [2.05, 4.69) is 26.3 Å². The maximum Gasteiger partial charge on any atom is 0.322 e. The van der Waals surface area contributed by atoms with Gasteiger partial charge >= 0.3 is 6.03 Å². The van der Waals surface area contributed by atoms with Crippen molar-refractivity contribution in [1.29, 1.82) is 0 Å². The molecule has 0 saturated heterocycles. The van der Waals surface area contributed by atoms with E-state index in [0.29, 0.717) is 23.7 Å².